The monoisotopic (exact) mass is 309 g/mol. The van der Waals surface area contributed by atoms with Crippen LogP contribution in [0.2, 0.25) is 10.0 Å². The minimum absolute atomic E-state index is 0.0511. The van der Waals surface area contributed by atoms with Gasteiger partial charge in [-0.2, -0.15) is 0 Å². The zero-order valence-electron chi connectivity index (χ0n) is 11.1. The normalized spacial score (nSPS) is 18.8. The first-order valence-corrected chi connectivity index (χ1v) is 7.83. The van der Waals surface area contributed by atoms with Crippen LogP contribution >= 0.6 is 23.2 Å². The topological polar surface area (TPSA) is 29.1 Å². The Morgan fingerprint density at radius 3 is 2.20 bits per heavy atom. The third kappa shape index (κ3) is 3.36. The molecule has 0 aromatic heterocycles. The summed E-state index contributed by atoms with van der Waals surface area (Å²) in [5, 5.41) is 4.25. The van der Waals surface area contributed by atoms with E-state index in [0.29, 0.717) is 33.5 Å². The van der Waals surface area contributed by atoms with Gasteiger partial charge in [-0.25, -0.2) is 0 Å². The van der Waals surface area contributed by atoms with Crippen LogP contribution < -0.4 is 5.32 Å². The van der Waals surface area contributed by atoms with Crippen molar-refractivity contribution in [3.63, 3.8) is 0 Å². The molecule has 2 nitrogen and oxygen atoms in total. The summed E-state index contributed by atoms with van der Waals surface area (Å²) in [6.45, 7) is 0. The van der Waals surface area contributed by atoms with Gasteiger partial charge in [-0.1, -0.05) is 29.3 Å². The quantitative estimate of drug-likeness (QED) is 0.807. The fourth-order valence-corrected chi connectivity index (χ4v) is 3.10. The minimum atomic E-state index is -0.0511. The van der Waals surface area contributed by atoms with Gasteiger partial charge in [-0.05, 0) is 55.7 Å². The molecule has 1 amide bonds. The number of hydrogen-bond donors (Lipinski definition) is 1. The molecule has 106 valence electrons. The number of rotatable bonds is 5. The van der Waals surface area contributed by atoms with E-state index >= 15 is 0 Å². The van der Waals surface area contributed by atoms with Crippen molar-refractivity contribution in [2.24, 2.45) is 11.8 Å². The van der Waals surface area contributed by atoms with E-state index in [1.54, 1.807) is 24.3 Å². The van der Waals surface area contributed by atoms with Crippen molar-refractivity contribution < 1.29 is 4.79 Å². The molecule has 2 aliphatic carbocycles. The highest BCUT2D eigenvalue weighted by Crippen LogP contribution is 2.44. The second-order valence-corrected chi connectivity index (χ2v) is 6.49. The average Bonchev–Trinajstić information content (AvgIpc) is 3.28. The Morgan fingerprint density at radius 1 is 1.15 bits per heavy atom. The zero-order valence-corrected chi connectivity index (χ0v) is 12.6. The largest absolute Gasteiger partial charge is 0.349 e. The van der Waals surface area contributed by atoms with Crippen molar-refractivity contribution in [2.45, 2.75) is 31.7 Å². The molecular weight excluding hydrogens is 293 g/mol. The Kier molecular flexibility index (Phi) is 4.04. The summed E-state index contributed by atoms with van der Waals surface area (Å²) in [6.07, 6.45) is 8.23. The summed E-state index contributed by atoms with van der Waals surface area (Å²) in [7, 11) is 0. The Labute approximate surface area is 129 Å². The van der Waals surface area contributed by atoms with E-state index in [-0.39, 0.29) is 5.91 Å². The van der Waals surface area contributed by atoms with Gasteiger partial charge in [0.05, 0.1) is 0 Å². The molecule has 0 atom stereocenters. The number of hydrogen-bond acceptors (Lipinski definition) is 1. The molecule has 20 heavy (non-hydrogen) atoms. The van der Waals surface area contributed by atoms with Gasteiger partial charge in [-0.15, -0.1) is 0 Å². The average molecular weight is 310 g/mol. The molecule has 0 radical (unpaired) electrons. The van der Waals surface area contributed by atoms with Crippen LogP contribution in [0.3, 0.4) is 0 Å². The molecule has 1 N–H and O–H groups in total. The molecule has 0 saturated heterocycles. The number of halogens is 2. The number of carbonyl (C=O) groups excluding carboxylic acids is 1. The van der Waals surface area contributed by atoms with Gasteiger partial charge in [0.1, 0.15) is 0 Å². The fourth-order valence-electron chi connectivity index (χ4n) is 2.57. The van der Waals surface area contributed by atoms with Gasteiger partial charge >= 0.3 is 0 Å². The number of nitrogens with one attached hydrogen (secondary N) is 1. The van der Waals surface area contributed by atoms with Crippen LogP contribution in [0.5, 0.6) is 0 Å². The lowest BCUT2D eigenvalue weighted by atomic mass is 10.1. The van der Waals surface area contributed by atoms with E-state index in [1.807, 2.05) is 0 Å². The second-order valence-electron chi connectivity index (χ2n) is 5.68. The lowest BCUT2D eigenvalue weighted by Gasteiger charge is -2.16. The summed E-state index contributed by atoms with van der Waals surface area (Å²) >= 11 is 12.1. The van der Waals surface area contributed by atoms with Crippen LogP contribution in [0.15, 0.2) is 24.3 Å². The van der Waals surface area contributed by atoms with E-state index in [1.165, 1.54) is 31.8 Å². The molecule has 2 aliphatic rings. The highest BCUT2D eigenvalue weighted by Gasteiger charge is 2.41. The molecule has 0 unspecified atom stereocenters. The van der Waals surface area contributed by atoms with Gasteiger partial charge in [0.15, 0.2) is 0 Å². The predicted molar refractivity (Wildman–Crippen MR) is 82.9 cm³/mol. The SMILES string of the molecule is O=C(C=Cc1c(Cl)cccc1Cl)NC(C1CC1)C1CC1. The van der Waals surface area contributed by atoms with Crippen molar-refractivity contribution in [1.82, 2.24) is 5.32 Å². The van der Waals surface area contributed by atoms with Gasteiger partial charge in [0.25, 0.3) is 0 Å². The maximum atomic E-state index is 12.0. The number of amides is 1. The highest BCUT2D eigenvalue weighted by atomic mass is 35.5. The zero-order chi connectivity index (χ0) is 14.1. The molecule has 1 aromatic rings. The van der Waals surface area contributed by atoms with Gasteiger partial charge in [-0.3, -0.25) is 4.79 Å². The summed E-state index contributed by atoms with van der Waals surface area (Å²) in [5.41, 5.74) is 0.695. The minimum Gasteiger partial charge on any atom is -0.349 e. The van der Waals surface area contributed by atoms with Gasteiger partial charge in [0.2, 0.25) is 5.91 Å². The smallest absolute Gasteiger partial charge is 0.244 e. The lowest BCUT2D eigenvalue weighted by Crippen LogP contribution is -2.37. The predicted octanol–water partition coefficient (Wildman–Crippen LogP) is 4.31. The molecule has 0 bridgehead atoms. The van der Waals surface area contributed by atoms with Crippen LogP contribution in [-0.2, 0) is 4.79 Å². The van der Waals surface area contributed by atoms with Crippen molar-refractivity contribution in [2.75, 3.05) is 0 Å². The molecule has 2 saturated carbocycles. The fraction of sp³-hybridized carbons (Fsp3) is 0.438. The summed E-state index contributed by atoms with van der Waals surface area (Å²) in [6, 6.07) is 5.69. The Morgan fingerprint density at radius 2 is 1.70 bits per heavy atom. The Bertz CT molecular complexity index is 515. The van der Waals surface area contributed by atoms with Gasteiger partial charge < -0.3 is 5.32 Å². The van der Waals surface area contributed by atoms with Crippen LogP contribution in [-0.4, -0.2) is 11.9 Å². The summed E-state index contributed by atoms with van der Waals surface area (Å²) < 4.78 is 0. The molecule has 4 heteroatoms. The van der Waals surface area contributed by atoms with E-state index in [9.17, 15) is 4.79 Å². The van der Waals surface area contributed by atoms with E-state index < -0.39 is 0 Å². The lowest BCUT2D eigenvalue weighted by molar-refractivity contribution is -0.117. The van der Waals surface area contributed by atoms with Crippen molar-refractivity contribution >= 4 is 35.2 Å². The molecule has 1 aromatic carbocycles. The second kappa shape index (κ2) is 5.79. The van der Waals surface area contributed by atoms with Crippen molar-refractivity contribution in [3.8, 4) is 0 Å². The van der Waals surface area contributed by atoms with Crippen LogP contribution in [0, 0.1) is 11.8 Å². The van der Waals surface area contributed by atoms with E-state index in [4.69, 9.17) is 23.2 Å². The first kappa shape index (κ1) is 14.0. The number of benzene rings is 1. The Balaban J connectivity index is 1.64. The molecular formula is C16H17Cl2NO. The molecule has 2 fully saturated rings. The maximum absolute atomic E-state index is 12.0. The third-order valence-electron chi connectivity index (χ3n) is 3.97. The van der Waals surface area contributed by atoms with Crippen LogP contribution in [0.1, 0.15) is 31.2 Å². The molecule has 3 rings (SSSR count). The first-order valence-electron chi connectivity index (χ1n) is 7.08. The van der Waals surface area contributed by atoms with Crippen LogP contribution in [0.25, 0.3) is 6.08 Å². The standard InChI is InChI=1S/C16H17Cl2NO/c17-13-2-1-3-14(18)12(13)8-9-15(20)19-16(10-4-5-10)11-6-7-11/h1-3,8-11,16H,4-7H2,(H,19,20). The van der Waals surface area contributed by atoms with E-state index in [2.05, 4.69) is 5.32 Å². The Hall–Kier alpha value is -0.990. The number of carbonyl (C=O) groups is 1. The maximum Gasteiger partial charge on any atom is 0.244 e. The van der Waals surface area contributed by atoms with Crippen molar-refractivity contribution in [1.29, 1.82) is 0 Å². The van der Waals surface area contributed by atoms with Gasteiger partial charge in [0, 0.05) is 27.7 Å². The highest BCUT2D eigenvalue weighted by molar-refractivity contribution is 6.37. The van der Waals surface area contributed by atoms with E-state index in [0.717, 1.165) is 0 Å². The summed E-state index contributed by atoms with van der Waals surface area (Å²) in [5.74, 6) is 1.34. The van der Waals surface area contributed by atoms with Crippen LogP contribution in [0.4, 0.5) is 0 Å². The molecule has 0 aliphatic heterocycles. The first-order chi connectivity index (χ1) is 9.65. The van der Waals surface area contributed by atoms with Crippen molar-refractivity contribution in [3.05, 3.63) is 39.9 Å². The molecule has 0 spiro atoms. The third-order valence-corrected chi connectivity index (χ3v) is 4.63. The summed E-state index contributed by atoms with van der Waals surface area (Å²) in [4.78, 5) is 12.0. The molecule has 0 heterocycles.